The molecule has 1 aliphatic rings. The maximum atomic E-state index is 3.72. The van der Waals surface area contributed by atoms with Gasteiger partial charge in [-0.2, -0.15) is 0 Å². The SMILES string of the molecule is C=CCNCC(C)N1CCc2ccccc2C1. The van der Waals surface area contributed by atoms with Crippen LogP contribution in [-0.4, -0.2) is 30.6 Å². The molecule has 1 heterocycles. The quantitative estimate of drug-likeness (QED) is 0.616. The van der Waals surface area contributed by atoms with Crippen LogP contribution in [0.2, 0.25) is 0 Å². The van der Waals surface area contributed by atoms with E-state index in [1.54, 1.807) is 0 Å². The Morgan fingerprint density at radius 2 is 2.18 bits per heavy atom. The van der Waals surface area contributed by atoms with Crippen LogP contribution in [0.4, 0.5) is 0 Å². The second-order valence-corrected chi connectivity index (χ2v) is 4.79. The molecule has 17 heavy (non-hydrogen) atoms. The lowest BCUT2D eigenvalue weighted by molar-refractivity contribution is 0.188. The van der Waals surface area contributed by atoms with E-state index in [2.05, 4.69) is 48.0 Å². The molecule has 0 aliphatic carbocycles. The third-order valence-corrected chi connectivity index (χ3v) is 3.51. The summed E-state index contributed by atoms with van der Waals surface area (Å²) in [5.41, 5.74) is 3.02. The Balaban J connectivity index is 1.90. The highest BCUT2D eigenvalue weighted by Gasteiger charge is 2.19. The summed E-state index contributed by atoms with van der Waals surface area (Å²) < 4.78 is 0. The van der Waals surface area contributed by atoms with Gasteiger partial charge in [0.1, 0.15) is 0 Å². The highest BCUT2D eigenvalue weighted by molar-refractivity contribution is 5.29. The van der Waals surface area contributed by atoms with E-state index in [4.69, 9.17) is 0 Å². The Labute approximate surface area is 104 Å². The van der Waals surface area contributed by atoms with Crippen molar-refractivity contribution in [2.24, 2.45) is 0 Å². The average Bonchev–Trinajstić information content (AvgIpc) is 2.38. The molecule has 0 bridgehead atoms. The van der Waals surface area contributed by atoms with Crippen molar-refractivity contribution in [2.45, 2.75) is 25.9 Å². The number of hydrogen-bond acceptors (Lipinski definition) is 2. The normalized spacial score (nSPS) is 17.5. The molecule has 1 unspecified atom stereocenters. The van der Waals surface area contributed by atoms with Crippen LogP contribution in [-0.2, 0) is 13.0 Å². The average molecular weight is 230 g/mol. The van der Waals surface area contributed by atoms with E-state index < -0.39 is 0 Å². The first-order valence-electron chi connectivity index (χ1n) is 6.43. The lowest BCUT2D eigenvalue weighted by Crippen LogP contribution is -2.43. The van der Waals surface area contributed by atoms with Crippen LogP contribution in [0, 0.1) is 0 Å². The fourth-order valence-electron chi connectivity index (χ4n) is 2.42. The molecule has 1 aliphatic heterocycles. The minimum Gasteiger partial charge on any atom is -0.312 e. The van der Waals surface area contributed by atoms with Gasteiger partial charge in [-0.05, 0) is 24.5 Å². The predicted molar refractivity (Wildman–Crippen MR) is 73.1 cm³/mol. The minimum atomic E-state index is 0.586. The van der Waals surface area contributed by atoms with E-state index in [9.17, 15) is 0 Å². The fraction of sp³-hybridized carbons (Fsp3) is 0.467. The molecule has 92 valence electrons. The van der Waals surface area contributed by atoms with Gasteiger partial charge in [0, 0.05) is 32.2 Å². The molecule has 1 aromatic carbocycles. The van der Waals surface area contributed by atoms with E-state index in [1.807, 2.05) is 6.08 Å². The molecule has 1 aromatic rings. The molecule has 0 fully saturated rings. The molecule has 2 rings (SSSR count). The van der Waals surface area contributed by atoms with Crippen LogP contribution in [0.1, 0.15) is 18.1 Å². The van der Waals surface area contributed by atoms with Gasteiger partial charge in [-0.25, -0.2) is 0 Å². The van der Waals surface area contributed by atoms with Crippen molar-refractivity contribution in [3.63, 3.8) is 0 Å². The van der Waals surface area contributed by atoms with Crippen LogP contribution in [0.3, 0.4) is 0 Å². The first kappa shape index (κ1) is 12.3. The van der Waals surface area contributed by atoms with E-state index in [0.717, 1.165) is 19.6 Å². The number of benzene rings is 1. The van der Waals surface area contributed by atoms with Crippen molar-refractivity contribution in [1.29, 1.82) is 0 Å². The summed E-state index contributed by atoms with van der Waals surface area (Å²) in [6.45, 7) is 10.2. The first-order valence-corrected chi connectivity index (χ1v) is 6.43. The molecule has 0 aromatic heterocycles. The molecule has 2 nitrogen and oxygen atoms in total. The zero-order valence-corrected chi connectivity index (χ0v) is 10.7. The lowest BCUT2D eigenvalue weighted by atomic mass is 9.99. The van der Waals surface area contributed by atoms with Gasteiger partial charge in [-0.3, -0.25) is 4.90 Å². The largest absolute Gasteiger partial charge is 0.312 e. The zero-order chi connectivity index (χ0) is 12.1. The molecule has 0 saturated heterocycles. The second kappa shape index (κ2) is 5.99. The van der Waals surface area contributed by atoms with E-state index in [0.29, 0.717) is 6.04 Å². The lowest BCUT2D eigenvalue weighted by Gasteiger charge is -2.33. The third-order valence-electron chi connectivity index (χ3n) is 3.51. The highest BCUT2D eigenvalue weighted by Crippen LogP contribution is 2.19. The fourth-order valence-corrected chi connectivity index (χ4v) is 2.42. The molecule has 1 N–H and O–H groups in total. The van der Waals surface area contributed by atoms with Gasteiger partial charge < -0.3 is 5.32 Å². The molecule has 2 heteroatoms. The smallest absolute Gasteiger partial charge is 0.0239 e. The van der Waals surface area contributed by atoms with E-state index >= 15 is 0 Å². The molecule has 0 radical (unpaired) electrons. The van der Waals surface area contributed by atoms with Crippen molar-refractivity contribution in [2.75, 3.05) is 19.6 Å². The first-order chi connectivity index (χ1) is 8.31. The standard InChI is InChI=1S/C15H22N2/c1-3-9-16-11-13(2)17-10-8-14-6-4-5-7-15(14)12-17/h3-7,13,16H,1,8-12H2,2H3. The van der Waals surface area contributed by atoms with Gasteiger partial charge >= 0.3 is 0 Å². The highest BCUT2D eigenvalue weighted by atomic mass is 15.2. The van der Waals surface area contributed by atoms with Crippen molar-refractivity contribution in [3.8, 4) is 0 Å². The monoisotopic (exact) mass is 230 g/mol. The number of nitrogens with zero attached hydrogens (tertiary/aromatic N) is 1. The van der Waals surface area contributed by atoms with Crippen LogP contribution in [0.15, 0.2) is 36.9 Å². The molecule has 1 atom stereocenters. The Bertz CT molecular complexity index is 373. The Hall–Kier alpha value is -1.12. The maximum Gasteiger partial charge on any atom is 0.0239 e. The van der Waals surface area contributed by atoms with Gasteiger partial charge in [0.25, 0.3) is 0 Å². The molecule has 0 saturated carbocycles. The van der Waals surface area contributed by atoms with E-state index in [1.165, 1.54) is 24.1 Å². The van der Waals surface area contributed by atoms with Crippen LogP contribution in [0.25, 0.3) is 0 Å². The van der Waals surface area contributed by atoms with Gasteiger partial charge in [-0.15, -0.1) is 6.58 Å². The Morgan fingerprint density at radius 3 is 2.94 bits per heavy atom. The van der Waals surface area contributed by atoms with Gasteiger partial charge in [0.2, 0.25) is 0 Å². The Kier molecular flexibility index (Phi) is 4.35. The van der Waals surface area contributed by atoms with Crippen molar-refractivity contribution >= 4 is 0 Å². The van der Waals surface area contributed by atoms with Gasteiger partial charge in [0.05, 0.1) is 0 Å². The summed E-state index contributed by atoms with van der Waals surface area (Å²) in [7, 11) is 0. The van der Waals surface area contributed by atoms with Gasteiger partial charge in [0.15, 0.2) is 0 Å². The summed E-state index contributed by atoms with van der Waals surface area (Å²) in [5.74, 6) is 0. The summed E-state index contributed by atoms with van der Waals surface area (Å²) in [4.78, 5) is 2.55. The van der Waals surface area contributed by atoms with Crippen molar-refractivity contribution in [1.82, 2.24) is 10.2 Å². The molecule has 0 spiro atoms. The Morgan fingerprint density at radius 1 is 1.41 bits per heavy atom. The number of rotatable bonds is 5. The molecule has 0 amide bonds. The van der Waals surface area contributed by atoms with Crippen LogP contribution < -0.4 is 5.32 Å². The van der Waals surface area contributed by atoms with E-state index in [-0.39, 0.29) is 0 Å². The number of nitrogens with one attached hydrogen (secondary N) is 1. The zero-order valence-electron chi connectivity index (χ0n) is 10.7. The van der Waals surface area contributed by atoms with Crippen LogP contribution >= 0.6 is 0 Å². The van der Waals surface area contributed by atoms with Crippen molar-refractivity contribution in [3.05, 3.63) is 48.0 Å². The summed E-state index contributed by atoms with van der Waals surface area (Å²) >= 11 is 0. The predicted octanol–water partition coefficient (Wildman–Crippen LogP) is 2.21. The summed E-state index contributed by atoms with van der Waals surface area (Å²) in [6, 6.07) is 9.38. The third kappa shape index (κ3) is 3.18. The second-order valence-electron chi connectivity index (χ2n) is 4.79. The van der Waals surface area contributed by atoms with Crippen molar-refractivity contribution < 1.29 is 0 Å². The number of fused-ring (bicyclic) bond motifs is 1. The molecular weight excluding hydrogens is 208 g/mol. The van der Waals surface area contributed by atoms with Gasteiger partial charge in [-0.1, -0.05) is 30.3 Å². The maximum absolute atomic E-state index is 3.72. The van der Waals surface area contributed by atoms with Crippen LogP contribution in [0.5, 0.6) is 0 Å². The minimum absolute atomic E-state index is 0.586. The summed E-state index contributed by atoms with van der Waals surface area (Å²) in [6.07, 6.45) is 3.10. The topological polar surface area (TPSA) is 15.3 Å². The molecular formula is C15H22N2. The number of hydrogen-bond donors (Lipinski definition) is 1. The summed E-state index contributed by atoms with van der Waals surface area (Å²) in [5, 5.41) is 3.40.